The van der Waals surface area contributed by atoms with E-state index in [-0.39, 0.29) is 11.9 Å². The predicted octanol–water partition coefficient (Wildman–Crippen LogP) is 2.98. The van der Waals surface area contributed by atoms with E-state index in [0.29, 0.717) is 16.6 Å². The number of thiophene rings is 1. The van der Waals surface area contributed by atoms with Gasteiger partial charge in [0.1, 0.15) is 15.5 Å². The minimum atomic E-state index is -0.0950. The van der Waals surface area contributed by atoms with Gasteiger partial charge in [0.2, 0.25) is 0 Å². The van der Waals surface area contributed by atoms with E-state index >= 15 is 0 Å². The molecule has 33 heavy (non-hydrogen) atoms. The zero-order chi connectivity index (χ0) is 22.7. The monoisotopic (exact) mass is 462 g/mol. The number of carbonyl (C=O) groups is 1. The molecule has 2 aliphatic heterocycles. The smallest absolute Gasteiger partial charge is 0.263 e. The van der Waals surface area contributed by atoms with Gasteiger partial charge in [-0.15, -0.1) is 11.3 Å². The molecule has 0 bridgehead atoms. The minimum Gasteiger partial charge on any atom is -0.397 e. The largest absolute Gasteiger partial charge is 0.397 e. The van der Waals surface area contributed by atoms with Crippen LogP contribution < -0.4 is 21.3 Å². The molecule has 4 N–H and O–H groups in total. The maximum atomic E-state index is 13.1. The first-order valence-electron chi connectivity index (χ1n) is 11.9. The number of nitrogens with zero attached hydrogens (tertiary/aromatic N) is 3. The third kappa shape index (κ3) is 3.56. The Bertz CT molecular complexity index is 1250. The summed E-state index contributed by atoms with van der Waals surface area (Å²) >= 11 is 1.39. The first-order valence-corrected chi connectivity index (χ1v) is 12.7. The Balaban J connectivity index is 1.18. The second kappa shape index (κ2) is 7.95. The van der Waals surface area contributed by atoms with Crippen molar-refractivity contribution in [1.29, 1.82) is 0 Å². The molecule has 0 spiro atoms. The van der Waals surface area contributed by atoms with Gasteiger partial charge in [-0.1, -0.05) is 6.07 Å². The predicted molar refractivity (Wildman–Crippen MR) is 133 cm³/mol. The van der Waals surface area contributed by atoms with Crippen LogP contribution in [0.15, 0.2) is 18.2 Å². The van der Waals surface area contributed by atoms with E-state index in [9.17, 15) is 4.79 Å². The second-order valence-corrected chi connectivity index (χ2v) is 10.8. The summed E-state index contributed by atoms with van der Waals surface area (Å²) in [4.78, 5) is 26.6. The highest BCUT2D eigenvalue weighted by atomic mass is 32.1. The maximum Gasteiger partial charge on any atom is 0.263 e. The van der Waals surface area contributed by atoms with E-state index in [2.05, 4.69) is 32.7 Å². The molecule has 0 saturated carbocycles. The van der Waals surface area contributed by atoms with E-state index in [4.69, 9.17) is 10.7 Å². The van der Waals surface area contributed by atoms with Crippen LogP contribution in [0.25, 0.3) is 10.2 Å². The first kappa shape index (κ1) is 20.9. The molecular formula is C25H30N6OS. The number of aromatic nitrogens is 2. The molecule has 3 aromatic heterocycles. The number of nitrogens with two attached hydrogens (primary N) is 1. The quantitative estimate of drug-likeness (QED) is 0.554. The van der Waals surface area contributed by atoms with Crippen molar-refractivity contribution in [2.24, 2.45) is 5.92 Å². The summed E-state index contributed by atoms with van der Waals surface area (Å²) in [6, 6.07) is 7.07. The van der Waals surface area contributed by atoms with Gasteiger partial charge in [0, 0.05) is 48.5 Å². The average Bonchev–Trinajstić information content (AvgIpc) is 3.48. The van der Waals surface area contributed by atoms with E-state index in [0.717, 1.165) is 72.1 Å². The number of pyridine rings is 2. The number of aryl methyl sites for hydroxylation is 3. The highest BCUT2D eigenvalue weighted by Crippen LogP contribution is 2.36. The van der Waals surface area contributed by atoms with Crippen molar-refractivity contribution < 1.29 is 4.79 Å². The molecule has 3 atom stereocenters. The zero-order valence-corrected chi connectivity index (χ0v) is 20.0. The standard InChI is InChI=1S/C25H30N6OS/c1-13-9-14(2)28-25-21(13)22(26)23(33-25)24(32)29-17-4-5-18-15(10-17)3-6-20(30-18)31-8-7-16-11-27-12-19(16)31/h3,6,9,16-17,19,27H,4-5,7-8,10-12,26H2,1-2H3,(H,29,32)/t16-,17-,19+/m0/s1. The second-order valence-electron chi connectivity index (χ2n) is 9.76. The lowest BCUT2D eigenvalue weighted by molar-refractivity contribution is 0.0938. The zero-order valence-electron chi connectivity index (χ0n) is 19.1. The molecule has 0 radical (unpaired) electrons. The number of nitrogen functional groups attached to an aromatic ring is 1. The Labute approximate surface area is 197 Å². The lowest BCUT2D eigenvalue weighted by Crippen LogP contribution is -2.39. The summed E-state index contributed by atoms with van der Waals surface area (Å²) in [6.07, 6.45) is 3.84. The first-order chi connectivity index (χ1) is 16.0. The van der Waals surface area contributed by atoms with Gasteiger partial charge < -0.3 is 21.3 Å². The van der Waals surface area contributed by atoms with E-state index in [1.807, 2.05) is 19.9 Å². The van der Waals surface area contributed by atoms with Gasteiger partial charge >= 0.3 is 0 Å². The number of carbonyl (C=O) groups excluding carboxylic acids is 1. The van der Waals surface area contributed by atoms with E-state index < -0.39 is 0 Å². The third-order valence-electron chi connectivity index (χ3n) is 7.55. The molecule has 1 amide bonds. The van der Waals surface area contributed by atoms with Crippen LogP contribution in [0, 0.1) is 19.8 Å². The number of amides is 1. The van der Waals surface area contributed by atoms with Crippen LogP contribution in [0.2, 0.25) is 0 Å². The molecule has 6 rings (SSSR count). The molecule has 0 aromatic carbocycles. The Kier molecular flexibility index (Phi) is 5.03. The molecule has 3 aliphatic rings. The van der Waals surface area contributed by atoms with Crippen LogP contribution in [0.4, 0.5) is 11.5 Å². The average molecular weight is 463 g/mol. The van der Waals surface area contributed by atoms with Crippen LogP contribution in [0.5, 0.6) is 0 Å². The van der Waals surface area contributed by atoms with Crippen LogP contribution in [-0.2, 0) is 12.8 Å². The summed E-state index contributed by atoms with van der Waals surface area (Å²) in [5, 5.41) is 7.65. The van der Waals surface area contributed by atoms with Crippen molar-refractivity contribution in [3.8, 4) is 0 Å². The Morgan fingerprint density at radius 1 is 1.24 bits per heavy atom. The molecule has 2 fully saturated rings. The highest BCUT2D eigenvalue weighted by molar-refractivity contribution is 7.21. The molecule has 1 aliphatic carbocycles. The fourth-order valence-electron chi connectivity index (χ4n) is 5.91. The summed E-state index contributed by atoms with van der Waals surface area (Å²) in [6.45, 7) is 7.28. The Morgan fingerprint density at radius 3 is 3.00 bits per heavy atom. The molecule has 3 aromatic rings. The molecule has 172 valence electrons. The molecule has 5 heterocycles. The third-order valence-corrected chi connectivity index (χ3v) is 8.65. The van der Waals surface area contributed by atoms with Crippen molar-refractivity contribution in [2.45, 2.75) is 51.6 Å². The summed E-state index contributed by atoms with van der Waals surface area (Å²) in [5.74, 6) is 1.78. The van der Waals surface area contributed by atoms with Crippen LogP contribution in [-0.4, -0.2) is 47.6 Å². The van der Waals surface area contributed by atoms with E-state index in [1.54, 1.807) is 0 Å². The van der Waals surface area contributed by atoms with Gasteiger partial charge in [-0.2, -0.15) is 0 Å². The lowest BCUT2D eigenvalue weighted by atomic mass is 9.91. The van der Waals surface area contributed by atoms with Crippen LogP contribution in [0.1, 0.15) is 45.0 Å². The van der Waals surface area contributed by atoms with Crippen molar-refractivity contribution >= 4 is 39.0 Å². The van der Waals surface area contributed by atoms with Gasteiger partial charge in [0.15, 0.2) is 0 Å². The highest BCUT2D eigenvalue weighted by Gasteiger charge is 2.38. The number of nitrogens with one attached hydrogen (secondary N) is 2. The molecule has 0 unspecified atom stereocenters. The molecular weight excluding hydrogens is 432 g/mol. The minimum absolute atomic E-state index is 0.0910. The van der Waals surface area contributed by atoms with Gasteiger partial charge in [-0.3, -0.25) is 4.79 Å². The Morgan fingerprint density at radius 2 is 2.12 bits per heavy atom. The Hall–Kier alpha value is -2.71. The number of hydrogen-bond donors (Lipinski definition) is 3. The number of anilines is 2. The van der Waals surface area contributed by atoms with Gasteiger partial charge in [0.25, 0.3) is 5.91 Å². The van der Waals surface area contributed by atoms with E-state index in [1.165, 1.54) is 29.0 Å². The molecule has 7 nitrogen and oxygen atoms in total. The van der Waals surface area contributed by atoms with Gasteiger partial charge in [0.05, 0.1) is 5.69 Å². The van der Waals surface area contributed by atoms with Gasteiger partial charge in [-0.05, 0) is 68.7 Å². The van der Waals surface area contributed by atoms with Crippen LogP contribution >= 0.6 is 11.3 Å². The summed E-state index contributed by atoms with van der Waals surface area (Å²) < 4.78 is 0. The number of rotatable bonds is 3. The fourth-order valence-corrected chi connectivity index (χ4v) is 7.02. The SMILES string of the molecule is Cc1cc(C)c2c(N)c(C(=O)N[C@H]3CCc4nc(N5CC[C@H]6CNC[C@H]65)ccc4C3)sc2n1. The number of hydrogen-bond acceptors (Lipinski definition) is 7. The van der Waals surface area contributed by atoms with Gasteiger partial charge in [-0.25, -0.2) is 9.97 Å². The normalized spacial score (nSPS) is 24.2. The summed E-state index contributed by atoms with van der Waals surface area (Å²) in [7, 11) is 0. The van der Waals surface area contributed by atoms with Crippen LogP contribution in [0.3, 0.4) is 0 Å². The number of fused-ring (bicyclic) bond motifs is 3. The molecule has 2 saturated heterocycles. The van der Waals surface area contributed by atoms with Crippen molar-refractivity contribution in [3.05, 3.63) is 45.6 Å². The fraction of sp³-hybridized carbons (Fsp3) is 0.480. The van der Waals surface area contributed by atoms with Crippen molar-refractivity contribution in [1.82, 2.24) is 20.6 Å². The lowest BCUT2D eigenvalue weighted by Gasteiger charge is -2.28. The van der Waals surface area contributed by atoms with Crippen molar-refractivity contribution in [3.63, 3.8) is 0 Å². The topological polar surface area (TPSA) is 96.2 Å². The summed E-state index contributed by atoms with van der Waals surface area (Å²) in [5.41, 5.74) is 11.4. The van der Waals surface area contributed by atoms with Crippen molar-refractivity contribution in [2.75, 3.05) is 30.3 Å². The maximum absolute atomic E-state index is 13.1. The molecule has 8 heteroatoms.